The highest BCUT2D eigenvalue weighted by Crippen LogP contribution is 2.27. The lowest BCUT2D eigenvalue weighted by Gasteiger charge is -2.09. The van der Waals surface area contributed by atoms with Gasteiger partial charge in [-0.1, -0.05) is 66.7 Å². The molecule has 0 heterocycles. The van der Waals surface area contributed by atoms with Crippen LogP contribution in [0.3, 0.4) is 0 Å². The van der Waals surface area contributed by atoms with E-state index in [2.05, 4.69) is 21.3 Å². The van der Waals surface area contributed by atoms with E-state index in [1.807, 2.05) is 48.5 Å². The fraction of sp³-hybridized carbons (Fsp3) is 0. The molecule has 0 atom stereocenters. The van der Waals surface area contributed by atoms with Crippen LogP contribution in [0.5, 0.6) is 0 Å². The van der Waals surface area contributed by atoms with Crippen LogP contribution in [-0.4, -0.2) is 20.5 Å². The molecule has 0 radical (unpaired) electrons. The van der Waals surface area contributed by atoms with E-state index in [1.165, 1.54) is 24.3 Å². The van der Waals surface area contributed by atoms with Crippen LogP contribution in [0.2, 0.25) is 0 Å². The SMILES string of the molecule is O=C(N/N=C\c1c2ccccc2cc2ccccc12)c1ccc(NS(=O)(=O)c2ccccc2)cc1. The topological polar surface area (TPSA) is 87.6 Å². The normalized spacial score (nSPS) is 11.7. The Bertz CT molecular complexity index is 1610. The Morgan fingerprint density at radius 2 is 1.29 bits per heavy atom. The fourth-order valence-corrected chi connectivity index (χ4v) is 4.99. The van der Waals surface area contributed by atoms with E-state index >= 15 is 0 Å². The molecule has 5 aromatic rings. The van der Waals surface area contributed by atoms with Crippen molar-refractivity contribution in [2.45, 2.75) is 4.90 Å². The van der Waals surface area contributed by atoms with Gasteiger partial charge in [-0.05, 0) is 64.0 Å². The van der Waals surface area contributed by atoms with Gasteiger partial charge in [-0.25, -0.2) is 13.8 Å². The van der Waals surface area contributed by atoms with Gasteiger partial charge in [0.2, 0.25) is 0 Å². The number of anilines is 1. The van der Waals surface area contributed by atoms with Gasteiger partial charge in [0, 0.05) is 16.8 Å². The summed E-state index contributed by atoms with van der Waals surface area (Å²) >= 11 is 0. The minimum absolute atomic E-state index is 0.164. The molecule has 0 aromatic heterocycles. The van der Waals surface area contributed by atoms with Crippen molar-refractivity contribution in [1.82, 2.24) is 5.43 Å². The Morgan fingerprint density at radius 3 is 1.91 bits per heavy atom. The van der Waals surface area contributed by atoms with Crippen molar-refractivity contribution in [3.05, 3.63) is 120 Å². The van der Waals surface area contributed by atoms with Gasteiger partial charge in [0.05, 0.1) is 11.1 Å². The van der Waals surface area contributed by atoms with E-state index in [9.17, 15) is 13.2 Å². The molecular weight excluding hydrogens is 458 g/mol. The number of fused-ring (bicyclic) bond motifs is 2. The predicted octanol–water partition coefficient (Wildman–Crippen LogP) is 5.56. The molecule has 0 aliphatic carbocycles. The number of rotatable bonds is 6. The van der Waals surface area contributed by atoms with E-state index in [0.717, 1.165) is 27.1 Å². The molecule has 0 fully saturated rings. The average Bonchev–Trinajstić information content (AvgIpc) is 2.89. The third-order valence-electron chi connectivity index (χ3n) is 5.63. The molecule has 0 aliphatic heterocycles. The van der Waals surface area contributed by atoms with Crippen LogP contribution in [0.25, 0.3) is 21.5 Å². The summed E-state index contributed by atoms with van der Waals surface area (Å²) in [5.41, 5.74) is 4.20. The number of hydrazone groups is 1. The number of hydrogen-bond donors (Lipinski definition) is 2. The Labute approximate surface area is 203 Å². The van der Waals surface area contributed by atoms with Gasteiger partial charge in [-0.2, -0.15) is 5.10 Å². The Hall–Kier alpha value is -4.49. The highest BCUT2D eigenvalue weighted by atomic mass is 32.2. The molecule has 0 saturated carbocycles. The quantitative estimate of drug-likeness (QED) is 0.190. The first-order valence-corrected chi connectivity index (χ1v) is 12.4. The summed E-state index contributed by atoms with van der Waals surface area (Å²) in [6.07, 6.45) is 1.66. The van der Waals surface area contributed by atoms with Gasteiger partial charge in [0.1, 0.15) is 0 Å². The summed E-state index contributed by atoms with van der Waals surface area (Å²) in [6.45, 7) is 0. The fourth-order valence-electron chi connectivity index (χ4n) is 3.91. The standard InChI is InChI=1S/C28H21N3O3S/c32-28(20-14-16-23(17-15-20)31-35(33,34)24-10-2-1-3-11-24)30-29-19-27-25-12-6-4-8-21(25)18-22-9-5-7-13-26(22)27/h1-19,31H,(H,30,32)/b29-19-. The summed E-state index contributed by atoms with van der Waals surface area (Å²) in [5, 5.41) is 8.47. The monoisotopic (exact) mass is 479 g/mol. The molecule has 35 heavy (non-hydrogen) atoms. The highest BCUT2D eigenvalue weighted by Gasteiger charge is 2.14. The molecule has 6 nitrogen and oxygen atoms in total. The predicted molar refractivity (Wildman–Crippen MR) is 140 cm³/mol. The third kappa shape index (κ3) is 4.76. The first kappa shape index (κ1) is 22.3. The summed E-state index contributed by atoms with van der Waals surface area (Å²) < 4.78 is 27.5. The molecule has 7 heteroatoms. The number of benzene rings is 5. The molecule has 2 N–H and O–H groups in total. The van der Waals surface area contributed by atoms with Crippen LogP contribution < -0.4 is 10.1 Å². The van der Waals surface area contributed by atoms with Gasteiger partial charge >= 0.3 is 0 Å². The Morgan fingerprint density at radius 1 is 0.714 bits per heavy atom. The molecular formula is C28H21N3O3S. The molecule has 0 unspecified atom stereocenters. The number of amides is 1. The van der Waals surface area contributed by atoms with Crippen LogP contribution in [0, 0.1) is 0 Å². The van der Waals surface area contributed by atoms with E-state index in [0.29, 0.717) is 11.3 Å². The third-order valence-corrected chi connectivity index (χ3v) is 7.02. The number of carbonyl (C=O) groups is 1. The second kappa shape index (κ2) is 9.40. The van der Waals surface area contributed by atoms with Crippen molar-refractivity contribution in [2.75, 3.05) is 4.72 Å². The zero-order valence-corrected chi connectivity index (χ0v) is 19.4. The maximum atomic E-state index is 12.6. The van der Waals surface area contributed by atoms with Crippen LogP contribution in [0.4, 0.5) is 5.69 Å². The van der Waals surface area contributed by atoms with Gasteiger partial charge in [-0.3, -0.25) is 9.52 Å². The number of nitrogens with zero attached hydrogens (tertiary/aromatic N) is 1. The summed E-state index contributed by atoms with van der Waals surface area (Å²) in [7, 11) is -3.70. The van der Waals surface area contributed by atoms with Crippen molar-refractivity contribution < 1.29 is 13.2 Å². The van der Waals surface area contributed by atoms with E-state index in [1.54, 1.807) is 36.5 Å². The maximum Gasteiger partial charge on any atom is 0.271 e. The highest BCUT2D eigenvalue weighted by molar-refractivity contribution is 7.92. The lowest BCUT2D eigenvalue weighted by atomic mass is 9.97. The largest absolute Gasteiger partial charge is 0.280 e. The zero-order chi connectivity index (χ0) is 24.3. The van der Waals surface area contributed by atoms with Crippen LogP contribution in [-0.2, 0) is 10.0 Å². The maximum absolute atomic E-state index is 12.6. The Balaban J connectivity index is 1.33. The van der Waals surface area contributed by atoms with E-state index in [4.69, 9.17) is 0 Å². The number of nitrogens with one attached hydrogen (secondary N) is 2. The van der Waals surface area contributed by atoms with E-state index < -0.39 is 15.9 Å². The summed E-state index contributed by atoms with van der Waals surface area (Å²) in [6, 6.07) is 32.5. The van der Waals surface area contributed by atoms with Crippen LogP contribution >= 0.6 is 0 Å². The molecule has 1 amide bonds. The second-order valence-corrected chi connectivity index (χ2v) is 9.61. The minimum Gasteiger partial charge on any atom is -0.280 e. The first-order chi connectivity index (χ1) is 17.0. The van der Waals surface area contributed by atoms with E-state index in [-0.39, 0.29) is 4.90 Å². The lowest BCUT2D eigenvalue weighted by molar-refractivity contribution is 0.0955. The van der Waals surface area contributed by atoms with Gasteiger partial charge < -0.3 is 0 Å². The molecule has 5 rings (SSSR count). The van der Waals surface area contributed by atoms with Crippen LogP contribution in [0.1, 0.15) is 15.9 Å². The number of sulfonamides is 1. The smallest absolute Gasteiger partial charge is 0.271 e. The zero-order valence-electron chi connectivity index (χ0n) is 18.5. The van der Waals surface area contributed by atoms with Crippen molar-refractivity contribution in [2.24, 2.45) is 5.10 Å². The van der Waals surface area contributed by atoms with Crippen molar-refractivity contribution in [1.29, 1.82) is 0 Å². The average molecular weight is 480 g/mol. The second-order valence-electron chi connectivity index (χ2n) is 7.93. The van der Waals surface area contributed by atoms with Crippen molar-refractivity contribution in [3.63, 3.8) is 0 Å². The number of carbonyl (C=O) groups excluding carboxylic acids is 1. The molecule has 0 spiro atoms. The molecule has 0 bridgehead atoms. The van der Waals surface area contributed by atoms with Crippen LogP contribution in [0.15, 0.2) is 119 Å². The number of hydrogen-bond acceptors (Lipinski definition) is 4. The first-order valence-electron chi connectivity index (χ1n) is 10.9. The molecule has 0 saturated heterocycles. The van der Waals surface area contributed by atoms with Gasteiger partial charge in [-0.15, -0.1) is 0 Å². The summed E-state index contributed by atoms with van der Waals surface area (Å²) in [5.74, 6) is -0.400. The Kier molecular flexibility index (Phi) is 5.99. The molecule has 5 aromatic carbocycles. The lowest BCUT2D eigenvalue weighted by Crippen LogP contribution is -2.18. The molecule has 0 aliphatic rings. The van der Waals surface area contributed by atoms with Crippen molar-refractivity contribution >= 4 is 49.4 Å². The van der Waals surface area contributed by atoms with Crippen molar-refractivity contribution in [3.8, 4) is 0 Å². The molecule has 172 valence electrons. The minimum atomic E-state index is -3.70. The van der Waals surface area contributed by atoms with Gasteiger partial charge in [0.25, 0.3) is 15.9 Å². The van der Waals surface area contributed by atoms with Gasteiger partial charge in [0.15, 0.2) is 0 Å². The summed E-state index contributed by atoms with van der Waals surface area (Å²) in [4.78, 5) is 12.8.